The number of carbonyl (C=O) groups is 2. The zero-order valence-electron chi connectivity index (χ0n) is 37.5. The van der Waals surface area contributed by atoms with Gasteiger partial charge in [0, 0.05) is 12.8 Å². The van der Waals surface area contributed by atoms with Crippen molar-refractivity contribution in [2.24, 2.45) is 11.8 Å². The van der Waals surface area contributed by atoms with E-state index in [-0.39, 0.29) is 11.9 Å². The summed E-state index contributed by atoms with van der Waals surface area (Å²) in [4.78, 5) is 24.0. The summed E-state index contributed by atoms with van der Waals surface area (Å²) >= 11 is 0. The molecule has 0 rings (SSSR count). The van der Waals surface area contributed by atoms with Gasteiger partial charge < -0.3 is 9.47 Å². The minimum Gasteiger partial charge on any atom is -0.466 e. The Bertz CT molecular complexity index is 685. The fourth-order valence-corrected chi connectivity index (χ4v) is 7.67. The molecule has 0 aliphatic rings. The summed E-state index contributed by atoms with van der Waals surface area (Å²) in [6, 6.07) is 0. The van der Waals surface area contributed by atoms with Crippen LogP contribution >= 0.6 is 0 Å². The Labute approximate surface area is 339 Å². The highest BCUT2D eigenvalue weighted by Crippen LogP contribution is 2.17. The number of hydrogen-bond acceptors (Lipinski definition) is 4. The molecule has 0 saturated heterocycles. The largest absolute Gasteiger partial charge is 0.466 e. The first-order chi connectivity index (χ1) is 26.4. The maximum absolute atomic E-state index is 12.0. The quantitative estimate of drug-likeness (QED) is 0.0458. The molecule has 0 saturated carbocycles. The SMILES string of the molecule is CC(C)CCCCCCCCCCCCCCCCCCCOC(=O)CCCCC(=O)OCCCCCCCCCCCCCCCCCCCC(C)C. The summed E-state index contributed by atoms with van der Waals surface area (Å²) in [7, 11) is 0. The third-order valence-corrected chi connectivity index (χ3v) is 11.4. The van der Waals surface area contributed by atoms with E-state index in [0.29, 0.717) is 38.9 Å². The van der Waals surface area contributed by atoms with Gasteiger partial charge in [-0.25, -0.2) is 0 Å². The molecule has 0 fully saturated rings. The minimum absolute atomic E-state index is 0.121. The second-order valence-electron chi connectivity index (χ2n) is 18.0. The molecule has 0 aromatic heterocycles. The van der Waals surface area contributed by atoms with Crippen LogP contribution in [0.25, 0.3) is 0 Å². The van der Waals surface area contributed by atoms with E-state index in [1.165, 1.54) is 205 Å². The van der Waals surface area contributed by atoms with Gasteiger partial charge in [0.15, 0.2) is 0 Å². The highest BCUT2D eigenvalue weighted by molar-refractivity contribution is 5.70. The van der Waals surface area contributed by atoms with E-state index in [1.807, 2.05) is 0 Å². The van der Waals surface area contributed by atoms with E-state index in [4.69, 9.17) is 9.47 Å². The summed E-state index contributed by atoms with van der Waals surface area (Å²) in [5, 5.41) is 0. The minimum atomic E-state index is -0.121. The molecule has 0 N–H and O–H groups in total. The normalized spacial score (nSPS) is 11.6. The maximum Gasteiger partial charge on any atom is 0.305 e. The zero-order chi connectivity index (χ0) is 39.4. The summed E-state index contributed by atoms with van der Waals surface area (Å²) in [6.45, 7) is 10.4. The van der Waals surface area contributed by atoms with Crippen LogP contribution < -0.4 is 0 Å². The smallest absolute Gasteiger partial charge is 0.305 e. The second kappa shape index (κ2) is 44.7. The zero-order valence-corrected chi connectivity index (χ0v) is 37.5. The molecule has 0 amide bonds. The Morgan fingerprint density at radius 3 is 0.667 bits per heavy atom. The number of rotatable bonds is 45. The molecule has 0 unspecified atom stereocenters. The van der Waals surface area contributed by atoms with E-state index in [1.54, 1.807) is 0 Å². The summed E-state index contributed by atoms with van der Waals surface area (Å²) in [6.07, 6.45) is 51.2. The Morgan fingerprint density at radius 1 is 0.278 bits per heavy atom. The van der Waals surface area contributed by atoms with Crippen molar-refractivity contribution in [3.05, 3.63) is 0 Å². The second-order valence-corrected chi connectivity index (χ2v) is 18.0. The first-order valence-corrected chi connectivity index (χ1v) is 24.7. The lowest BCUT2D eigenvalue weighted by Crippen LogP contribution is -2.08. The Kier molecular flexibility index (Phi) is 43.8. The molecule has 0 atom stereocenters. The van der Waals surface area contributed by atoms with E-state index in [2.05, 4.69) is 27.7 Å². The molecule has 0 aromatic rings. The molecule has 4 nitrogen and oxygen atoms in total. The van der Waals surface area contributed by atoms with Crippen LogP contribution in [0.4, 0.5) is 0 Å². The maximum atomic E-state index is 12.0. The summed E-state index contributed by atoms with van der Waals surface area (Å²) in [5.41, 5.74) is 0. The molecule has 0 aromatic carbocycles. The highest BCUT2D eigenvalue weighted by atomic mass is 16.5. The van der Waals surface area contributed by atoms with Crippen LogP contribution in [0, 0.1) is 11.8 Å². The van der Waals surface area contributed by atoms with Gasteiger partial charge in [0.2, 0.25) is 0 Å². The molecule has 0 spiro atoms. The van der Waals surface area contributed by atoms with Gasteiger partial charge in [-0.15, -0.1) is 0 Å². The Morgan fingerprint density at radius 2 is 0.463 bits per heavy atom. The van der Waals surface area contributed by atoms with Crippen molar-refractivity contribution in [2.45, 2.75) is 285 Å². The van der Waals surface area contributed by atoms with Crippen LogP contribution in [0.15, 0.2) is 0 Å². The van der Waals surface area contributed by atoms with Gasteiger partial charge in [0.1, 0.15) is 0 Å². The van der Waals surface area contributed by atoms with Gasteiger partial charge >= 0.3 is 11.9 Å². The number of unbranched alkanes of at least 4 members (excludes halogenated alkanes) is 33. The lowest BCUT2D eigenvalue weighted by Gasteiger charge is -2.06. The van der Waals surface area contributed by atoms with Gasteiger partial charge in [-0.05, 0) is 37.5 Å². The van der Waals surface area contributed by atoms with Gasteiger partial charge in [-0.1, -0.05) is 246 Å². The molecule has 0 aliphatic heterocycles. The molecule has 0 heterocycles. The van der Waals surface area contributed by atoms with Gasteiger partial charge in [0.05, 0.1) is 13.2 Å². The van der Waals surface area contributed by atoms with Crippen molar-refractivity contribution in [1.82, 2.24) is 0 Å². The van der Waals surface area contributed by atoms with Crippen molar-refractivity contribution >= 4 is 11.9 Å². The average Bonchev–Trinajstić information content (AvgIpc) is 3.14. The molecule has 4 heteroatoms. The van der Waals surface area contributed by atoms with Crippen molar-refractivity contribution in [3.63, 3.8) is 0 Å². The standard InChI is InChI=1S/C50H98O4/c1-47(2)41-35-31-27-23-19-15-11-7-5-9-13-17-21-25-29-33-39-45-53-49(51)43-37-38-44-50(52)54-46-40-34-30-26-22-18-14-10-6-8-12-16-20-24-28-32-36-42-48(3)4/h47-48H,5-46H2,1-4H3. The lowest BCUT2D eigenvalue weighted by molar-refractivity contribution is -0.146. The predicted molar refractivity (Wildman–Crippen MR) is 236 cm³/mol. The fraction of sp³-hybridized carbons (Fsp3) is 0.960. The van der Waals surface area contributed by atoms with Gasteiger partial charge in [-0.3, -0.25) is 9.59 Å². The van der Waals surface area contributed by atoms with E-state index in [9.17, 15) is 9.59 Å². The topological polar surface area (TPSA) is 52.6 Å². The van der Waals surface area contributed by atoms with Gasteiger partial charge in [-0.2, -0.15) is 0 Å². The van der Waals surface area contributed by atoms with E-state index >= 15 is 0 Å². The molecular weight excluding hydrogens is 665 g/mol. The van der Waals surface area contributed by atoms with Crippen LogP contribution in [-0.2, 0) is 19.1 Å². The van der Waals surface area contributed by atoms with Crippen LogP contribution in [0.1, 0.15) is 285 Å². The van der Waals surface area contributed by atoms with Crippen LogP contribution in [-0.4, -0.2) is 25.2 Å². The predicted octanol–water partition coefficient (Wildman–Crippen LogP) is 17.0. The first-order valence-electron chi connectivity index (χ1n) is 24.7. The van der Waals surface area contributed by atoms with Gasteiger partial charge in [0.25, 0.3) is 0 Å². The molecule has 0 aliphatic carbocycles. The molecule has 54 heavy (non-hydrogen) atoms. The summed E-state index contributed by atoms with van der Waals surface area (Å²) < 4.78 is 10.8. The highest BCUT2D eigenvalue weighted by Gasteiger charge is 2.07. The monoisotopic (exact) mass is 763 g/mol. The number of hydrogen-bond donors (Lipinski definition) is 0. The van der Waals surface area contributed by atoms with E-state index < -0.39 is 0 Å². The molecule has 0 radical (unpaired) electrons. The molecule has 322 valence electrons. The number of ether oxygens (including phenoxy) is 2. The van der Waals surface area contributed by atoms with Crippen LogP contribution in [0.5, 0.6) is 0 Å². The average molecular weight is 763 g/mol. The molecule has 0 bridgehead atoms. The Hall–Kier alpha value is -1.06. The molecular formula is C50H98O4. The van der Waals surface area contributed by atoms with Crippen molar-refractivity contribution < 1.29 is 19.1 Å². The third-order valence-electron chi connectivity index (χ3n) is 11.4. The lowest BCUT2D eigenvalue weighted by atomic mass is 10.0. The van der Waals surface area contributed by atoms with Crippen LogP contribution in [0.2, 0.25) is 0 Å². The number of carbonyl (C=O) groups excluding carboxylic acids is 2. The van der Waals surface area contributed by atoms with Crippen molar-refractivity contribution in [1.29, 1.82) is 0 Å². The fourth-order valence-electron chi connectivity index (χ4n) is 7.67. The summed E-state index contributed by atoms with van der Waals surface area (Å²) in [5.74, 6) is 1.50. The van der Waals surface area contributed by atoms with Crippen LogP contribution in [0.3, 0.4) is 0 Å². The Balaban J connectivity index is 3.25. The van der Waals surface area contributed by atoms with Crippen molar-refractivity contribution in [3.8, 4) is 0 Å². The first kappa shape index (κ1) is 52.9. The number of esters is 2. The van der Waals surface area contributed by atoms with E-state index in [0.717, 1.165) is 37.5 Å². The third kappa shape index (κ3) is 47.1. The van der Waals surface area contributed by atoms with Crippen molar-refractivity contribution in [2.75, 3.05) is 13.2 Å².